The Labute approximate surface area is 127 Å². The predicted octanol–water partition coefficient (Wildman–Crippen LogP) is 4.27. The molecule has 0 bridgehead atoms. The third-order valence-electron chi connectivity index (χ3n) is 3.18. The number of ether oxygens (including phenoxy) is 1. The fourth-order valence-corrected chi connectivity index (χ4v) is 2.77. The SMILES string of the molecule is C=CCN(CC=C)CC(Cl)c1cc(C)cc(C)c1OC. The molecule has 1 rings (SSSR count). The molecule has 1 aromatic rings. The van der Waals surface area contributed by atoms with E-state index < -0.39 is 0 Å². The Kier molecular flexibility index (Phi) is 6.83. The maximum absolute atomic E-state index is 6.61. The van der Waals surface area contributed by atoms with Crippen LogP contribution in [-0.2, 0) is 0 Å². The first-order valence-electron chi connectivity index (χ1n) is 6.76. The van der Waals surface area contributed by atoms with Crippen molar-refractivity contribution in [1.82, 2.24) is 4.90 Å². The van der Waals surface area contributed by atoms with Gasteiger partial charge in [0.1, 0.15) is 5.75 Å². The topological polar surface area (TPSA) is 12.5 Å². The zero-order valence-electron chi connectivity index (χ0n) is 12.7. The van der Waals surface area contributed by atoms with Crippen LogP contribution in [0.15, 0.2) is 37.4 Å². The molecule has 1 unspecified atom stereocenters. The number of rotatable bonds is 8. The number of alkyl halides is 1. The first kappa shape index (κ1) is 16.8. The molecule has 0 aliphatic heterocycles. The monoisotopic (exact) mass is 293 g/mol. The van der Waals surface area contributed by atoms with Crippen LogP contribution in [0.2, 0.25) is 0 Å². The minimum Gasteiger partial charge on any atom is -0.496 e. The average molecular weight is 294 g/mol. The summed E-state index contributed by atoms with van der Waals surface area (Å²) in [5.41, 5.74) is 3.36. The summed E-state index contributed by atoms with van der Waals surface area (Å²) >= 11 is 6.61. The first-order chi connectivity index (χ1) is 9.53. The predicted molar refractivity (Wildman–Crippen MR) is 87.9 cm³/mol. The lowest BCUT2D eigenvalue weighted by atomic mass is 10.0. The van der Waals surface area contributed by atoms with E-state index >= 15 is 0 Å². The minimum absolute atomic E-state index is 0.122. The highest BCUT2D eigenvalue weighted by molar-refractivity contribution is 6.21. The van der Waals surface area contributed by atoms with Gasteiger partial charge in [-0.25, -0.2) is 0 Å². The van der Waals surface area contributed by atoms with E-state index in [4.69, 9.17) is 16.3 Å². The van der Waals surface area contributed by atoms with Gasteiger partial charge in [0.2, 0.25) is 0 Å². The molecule has 0 aliphatic carbocycles. The number of halogens is 1. The van der Waals surface area contributed by atoms with Gasteiger partial charge in [-0.3, -0.25) is 4.90 Å². The highest BCUT2D eigenvalue weighted by Gasteiger charge is 2.18. The largest absolute Gasteiger partial charge is 0.496 e. The van der Waals surface area contributed by atoms with Crippen LogP contribution >= 0.6 is 11.6 Å². The molecule has 20 heavy (non-hydrogen) atoms. The minimum atomic E-state index is -0.122. The Morgan fingerprint density at radius 1 is 1.25 bits per heavy atom. The van der Waals surface area contributed by atoms with Gasteiger partial charge >= 0.3 is 0 Å². The van der Waals surface area contributed by atoms with Crippen LogP contribution in [0.5, 0.6) is 5.75 Å². The standard InChI is InChI=1S/C17H24ClNO/c1-6-8-19(9-7-2)12-16(18)15-11-13(3)10-14(4)17(15)20-5/h6-7,10-11,16H,1-2,8-9,12H2,3-5H3. The summed E-state index contributed by atoms with van der Waals surface area (Å²) in [4.78, 5) is 2.20. The van der Waals surface area contributed by atoms with Crippen LogP contribution in [0.25, 0.3) is 0 Å². The molecule has 2 nitrogen and oxygen atoms in total. The molecular weight excluding hydrogens is 270 g/mol. The second kappa shape index (κ2) is 8.13. The summed E-state index contributed by atoms with van der Waals surface area (Å²) in [5, 5.41) is -0.122. The zero-order valence-corrected chi connectivity index (χ0v) is 13.4. The van der Waals surface area contributed by atoms with Gasteiger partial charge in [0.25, 0.3) is 0 Å². The van der Waals surface area contributed by atoms with Crippen LogP contribution in [0.1, 0.15) is 22.1 Å². The van der Waals surface area contributed by atoms with Crippen molar-refractivity contribution in [3.8, 4) is 5.75 Å². The molecule has 0 fully saturated rings. The lowest BCUT2D eigenvalue weighted by molar-refractivity contribution is 0.331. The molecule has 0 radical (unpaired) electrons. The van der Waals surface area contributed by atoms with Gasteiger partial charge in [-0.05, 0) is 19.4 Å². The number of hydrogen-bond acceptors (Lipinski definition) is 2. The molecule has 0 aliphatic rings. The Morgan fingerprint density at radius 2 is 1.85 bits per heavy atom. The summed E-state index contributed by atoms with van der Waals surface area (Å²) in [6.45, 7) is 14.0. The average Bonchev–Trinajstić information content (AvgIpc) is 2.38. The maximum Gasteiger partial charge on any atom is 0.126 e. The second-order valence-electron chi connectivity index (χ2n) is 4.97. The number of benzene rings is 1. The van der Waals surface area contributed by atoms with Crippen LogP contribution in [0.3, 0.4) is 0 Å². The highest BCUT2D eigenvalue weighted by Crippen LogP contribution is 2.34. The van der Waals surface area contributed by atoms with Gasteiger partial charge < -0.3 is 4.74 Å². The van der Waals surface area contributed by atoms with E-state index in [-0.39, 0.29) is 5.38 Å². The molecule has 0 saturated heterocycles. The molecule has 0 saturated carbocycles. The first-order valence-corrected chi connectivity index (χ1v) is 7.20. The Morgan fingerprint density at radius 3 is 2.35 bits per heavy atom. The van der Waals surface area contributed by atoms with Crippen molar-refractivity contribution < 1.29 is 4.74 Å². The molecule has 0 N–H and O–H groups in total. The van der Waals surface area contributed by atoms with Gasteiger partial charge in [0, 0.05) is 25.2 Å². The van der Waals surface area contributed by atoms with Crippen molar-refractivity contribution in [1.29, 1.82) is 0 Å². The van der Waals surface area contributed by atoms with Gasteiger partial charge in [-0.1, -0.05) is 29.8 Å². The summed E-state index contributed by atoms with van der Waals surface area (Å²) in [5.74, 6) is 0.882. The number of nitrogens with zero attached hydrogens (tertiary/aromatic N) is 1. The van der Waals surface area contributed by atoms with Crippen LogP contribution in [0, 0.1) is 13.8 Å². The van der Waals surface area contributed by atoms with Gasteiger partial charge in [0.15, 0.2) is 0 Å². The van der Waals surface area contributed by atoms with Crippen molar-refractivity contribution in [2.45, 2.75) is 19.2 Å². The molecule has 0 amide bonds. The van der Waals surface area contributed by atoms with E-state index in [1.54, 1.807) is 7.11 Å². The Hall–Kier alpha value is -1.25. The Bertz CT molecular complexity index is 460. The third kappa shape index (κ3) is 4.39. The van der Waals surface area contributed by atoms with Crippen molar-refractivity contribution in [2.24, 2.45) is 0 Å². The van der Waals surface area contributed by atoms with Crippen molar-refractivity contribution in [2.75, 3.05) is 26.7 Å². The zero-order chi connectivity index (χ0) is 15.1. The molecule has 0 heterocycles. The van der Waals surface area contributed by atoms with Gasteiger partial charge in [-0.2, -0.15) is 0 Å². The lowest BCUT2D eigenvalue weighted by Gasteiger charge is -2.24. The smallest absolute Gasteiger partial charge is 0.126 e. The number of hydrogen-bond donors (Lipinski definition) is 0. The molecule has 0 aromatic heterocycles. The normalized spacial score (nSPS) is 12.2. The van der Waals surface area contributed by atoms with Crippen molar-refractivity contribution in [3.63, 3.8) is 0 Å². The quantitative estimate of drug-likeness (QED) is 0.524. The number of aryl methyl sites for hydroxylation is 2. The molecular formula is C17H24ClNO. The summed E-state index contributed by atoms with van der Waals surface area (Å²) in [7, 11) is 1.69. The van der Waals surface area contributed by atoms with Crippen LogP contribution < -0.4 is 4.74 Å². The number of methoxy groups -OCH3 is 1. The molecule has 110 valence electrons. The highest BCUT2D eigenvalue weighted by atomic mass is 35.5. The van der Waals surface area contributed by atoms with E-state index in [9.17, 15) is 0 Å². The van der Waals surface area contributed by atoms with Gasteiger partial charge in [-0.15, -0.1) is 24.8 Å². The van der Waals surface area contributed by atoms with E-state index in [0.29, 0.717) is 0 Å². The fourth-order valence-electron chi connectivity index (χ4n) is 2.41. The maximum atomic E-state index is 6.61. The van der Waals surface area contributed by atoms with E-state index in [1.807, 2.05) is 19.1 Å². The van der Waals surface area contributed by atoms with E-state index in [2.05, 4.69) is 37.1 Å². The second-order valence-corrected chi connectivity index (χ2v) is 5.49. The van der Waals surface area contributed by atoms with Crippen LogP contribution in [0.4, 0.5) is 0 Å². The lowest BCUT2D eigenvalue weighted by Crippen LogP contribution is -2.27. The molecule has 0 spiro atoms. The molecule has 3 heteroatoms. The molecule has 1 atom stereocenters. The van der Waals surface area contributed by atoms with Crippen molar-refractivity contribution in [3.05, 3.63) is 54.1 Å². The summed E-state index contributed by atoms with van der Waals surface area (Å²) in [6.07, 6.45) is 3.76. The fraction of sp³-hybridized carbons (Fsp3) is 0.412. The Balaban J connectivity index is 2.98. The van der Waals surface area contributed by atoms with Crippen LogP contribution in [-0.4, -0.2) is 31.6 Å². The van der Waals surface area contributed by atoms with E-state index in [1.165, 1.54) is 5.56 Å². The van der Waals surface area contributed by atoms with E-state index in [0.717, 1.165) is 36.5 Å². The van der Waals surface area contributed by atoms with Crippen molar-refractivity contribution >= 4 is 11.6 Å². The van der Waals surface area contributed by atoms with Gasteiger partial charge in [0.05, 0.1) is 12.5 Å². The summed E-state index contributed by atoms with van der Waals surface area (Å²) in [6, 6.07) is 4.21. The summed E-state index contributed by atoms with van der Waals surface area (Å²) < 4.78 is 5.51. The molecule has 1 aromatic carbocycles. The third-order valence-corrected chi connectivity index (χ3v) is 3.56.